The molecule has 0 aliphatic heterocycles. The van der Waals surface area contributed by atoms with E-state index < -0.39 is 18.2 Å². The standard InChI is InChI=1S/C5H9F3O/c1-4(2,9)3-5(6,7)8/h9H,3H2,1-2H3. The lowest BCUT2D eigenvalue weighted by molar-refractivity contribution is -0.168. The van der Waals surface area contributed by atoms with Crippen LogP contribution in [-0.4, -0.2) is 16.9 Å². The van der Waals surface area contributed by atoms with Crippen LogP contribution in [-0.2, 0) is 0 Å². The Balaban J connectivity index is 3.75. The Labute approximate surface area is 51.5 Å². The van der Waals surface area contributed by atoms with E-state index in [4.69, 9.17) is 5.11 Å². The Morgan fingerprint density at radius 1 is 1.22 bits per heavy atom. The number of aliphatic hydroxyl groups is 1. The molecule has 1 N–H and O–H groups in total. The second-order valence-electron chi connectivity index (χ2n) is 2.60. The first kappa shape index (κ1) is 8.75. The molecule has 4 heteroatoms. The van der Waals surface area contributed by atoms with Crippen LogP contribution in [0.1, 0.15) is 20.3 Å². The molecular formula is C5H9F3O. The molecule has 0 fully saturated rings. The van der Waals surface area contributed by atoms with Crippen molar-refractivity contribution < 1.29 is 18.3 Å². The fourth-order valence-corrected chi connectivity index (χ4v) is 0.491. The van der Waals surface area contributed by atoms with E-state index in [9.17, 15) is 13.2 Å². The molecule has 0 saturated heterocycles. The van der Waals surface area contributed by atoms with Gasteiger partial charge in [-0.05, 0) is 13.8 Å². The van der Waals surface area contributed by atoms with Gasteiger partial charge in [0.2, 0.25) is 0 Å². The monoisotopic (exact) mass is 142 g/mol. The molecule has 56 valence electrons. The van der Waals surface area contributed by atoms with Crippen LogP contribution in [0, 0.1) is 0 Å². The Kier molecular flexibility index (Phi) is 2.11. The summed E-state index contributed by atoms with van der Waals surface area (Å²) in [5, 5.41) is 8.63. The highest BCUT2D eigenvalue weighted by Gasteiger charge is 2.34. The van der Waals surface area contributed by atoms with Crippen molar-refractivity contribution in [2.45, 2.75) is 32.0 Å². The zero-order chi connectivity index (χ0) is 7.71. The van der Waals surface area contributed by atoms with E-state index in [0.717, 1.165) is 13.8 Å². The molecule has 0 unspecified atom stereocenters. The molecule has 0 aromatic carbocycles. The summed E-state index contributed by atoms with van der Waals surface area (Å²) < 4.78 is 34.2. The van der Waals surface area contributed by atoms with E-state index in [1.807, 2.05) is 0 Å². The second kappa shape index (κ2) is 2.17. The van der Waals surface area contributed by atoms with Crippen LogP contribution in [0.3, 0.4) is 0 Å². The first-order valence-corrected chi connectivity index (χ1v) is 2.50. The molecule has 0 bridgehead atoms. The average molecular weight is 142 g/mol. The minimum absolute atomic E-state index is 1.13. The van der Waals surface area contributed by atoms with Crippen molar-refractivity contribution in [1.29, 1.82) is 0 Å². The third kappa shape index (κ3) is 7.75. The minimum atomic E-state index is -4.27. The fourth-order valence-electron chi connectivity index (χ4n) is 0.491. The molecule has 0 saturated carbocycles. The number of hydrogen-bond acceptors (Lipinski definition) is 1. The van der Waals surface area contributed by atoms with Crippen molar-refractivity contribution in [2.24, 2.45) is 0 Å². The Morgan fingerprint density at radius 2 is 1.56 bits per heavy atom. The topological polar surface area (TPSA) is 20.2 Å². The van der Waals surface area contributed by atoms with E-state index in [1.54, 1.807) is 0 Å². The van der Waals surface area contributed by atoms with Crippen LogP contribution in [0.4, 0.5) is 13.2 Å². The zero-order valence-corrected chi connectivity index (χ0v) is 5.29. The predicted molar refractivity (Wildman–Crippen MR) is 27.0 cm³/mol. The van der Waals surface area contributed by atoms with Gasteiger partial charge in [-0.2, -0.15) is 13.2 Å². The molecule has 9 heavy (non-hydrogen) atoms. The Morgan fingerprint density at radius 3 is 1.56 bits per heavy atom. The molecule has 0 radical (unpaired) electrons. The summed E-state index contributed by atoms with van der Waals surface area (Å²) in [6.45, 7) is 2.25. The largest absolute Gasteiger partial charge is 0.391 e. The lowest BCUT2D eigenvalue weighted by atomic mass is 10.1. The molecule has 0 aliphatic rings. The molecule has 0 rings (SSSR count). The van der Waals surface area contributed by atoms with Gasteiger partial charge in [0.05, 0.1) is 12.0 Å². The molecule has 0 aromatic rings. The van der Waals surface area contributed by atoms with Crippen molar-refractivity contribution >= 4 is 0 Å². The molecule has 0 aromatic heterocycles. The highest BCUT2D eigenvalue weighted by Crippen LogP contribution is 2.26. The van der Waals surface area contributed by atoms with Crippen LogP contribution in [0.25, 0.3) is 0 Å². The average Bonchev–Trinajstić information content (AvgIpc) is 1.14. The zero-order valence-electron chi connectivity index (χ0n) is 5.29. The van der Waals surface area contributed by atoms with Crippen molar-refractivity contribution in [3.05, 3.63) is 0 Å². The highest BCUT2D eigenvalue weighted by molar-refractivity contribution is 4.69. The van der Waals surface area contributed by atoms with Gasteiger partial charge in [0.1, 0.15) is 0 Å². The van der Waals surface area contributed by atoms with Gasteiger partial charge in [0, 0.05) is 0 Å². The Hall–Kier alpha value is -0.250. The number of rotatable bonds is 1. The molecular weight excluding hydrogens is 133 g/mol. The lowest BCUT2D eigenvalue weighted by Crippen LogP contribution is -2.27. The maximum absolute atomic E-state index is 11.4. The third-order valence-corrected chi connectivity index (χ3v) is 0.633. The van der Waals surface area contributed by atoms with Crippen LogP contribution < -0.4 is 0 Å². The van der Waals surface area contributed by atoms with Gasteiger partial charge in [-0.25, -0.2) is 0 Å². The van der Waals surface area contributed by atoms with E-state index in [0.29, 0.717) is 0 Å². The summed E-state index contributed by atoms with van der Waals surface area (Å²) in [5.74, 6) is 0. The predicted octanol–water partition coefficient (Wildman–Crippen LogP) is 1.71. The quantitative estimate of drug-likeness (QED) is 0.590. The maximum Gasteiger partial charge on any atom is 0.391 e. The van der Waals surface area contributed by atoms with Crippen LogP contribution in [0.15, 0.2) is 0 Å². The highest BCUT2D eigenvalue weighted by atomic mass is 19.4. The van der Waals surface area contributed by atoms with E-state index in [2.05, 4.69) is 0 Å². The molecule has 0 heterocycles. The molecule has 0 atom stereocenters. The van der Waals surface area contributed by atoms with Crippen molar-refractivity contribution in [2.75, 3.05) is 0 Å². The van der Waals surface area contributed by atoms with E-state index in [1.165, 1.54) is 0 Å². The fraction of sp³-hybridized carbons (Fsp3) is 1.00. The lowest BCUT2D eigenvalue weighted by Gasteiger charge is -2.18. The summed E-state index contributed by atoms with van der Waals surface area (Å²) in [4.78, 5) is 0. The number of halogens is 3. The van der Waals surface area contributed by atoms with Gasteiger partial charge in [-0.1, -0.05) is 0 Å². The SMILES string of the molecule is CC(C)(O)CC(F)(F)F. The first-order valence-electron chi connectivity index (χ1n) is 2.50. The maximum atomic E-state index is 11.4. The molecule has 0 spiro atoms. The van der Waals surface area contributed by atoms with E-state index in [-0.39, 0.29) is 0 Å². The van der Waals surface area contributed by atoms with Gasteiger partial charge in [0.25, 0.3) is 0 Å². The Bertz CT molecular complexity index is 77.4. The summed E-state index contributed by atoms with van der Waals surface area (Å²) in [7, 11) is 0. The van der Waals surface area contributed by atoms with Crippen molar-refractivity contribution in [1.82, 2.24) is 0 Å². The van der Waals surface area contributed by atoms with Crippen LogP contribution >= 0.6 is 0 Å². The van der Waals surface area contributed by atoms with Gasteiger partial charge in [-0.3, -0.25) is 0 Å². The van der Waals surface area contributed by atoms with Gasteiger partial charge in [-0.15, -0.1) is 0 Å². The molecule has 0 amide bonds. The summed E-state index contributed by atoms with van der Waals surface area (Å²) in [5.41, 5.74) is -1.64. The molecule has 1 nitrogen and oxygen atoms in total. The van der Waals surface area contributed by atoms with E-state index >= 15 is 0 Å². The van der Waals surface area contributed by atoms with Gasteiger partial charge >= 0.3 is 6.18 Å². The van der Waals surface area contributed by atoms with Crippen LogP contribution in [0.5, 0.6) is 0 Å². The molecule has 0 aliphatic carbocycles. The normalized spacial score (nSPS) is 14.0. The number of alkyl halides is 3. The first-order chi connectivity index (χ1) is 3.71. The van der Waals surface area contributed by atoms with Crippen molar-refractivity contribution in [3.63, 3.8) is 0 Å². The van der Waals surface area contributed by atoms with Crippen LogP contribution in [0.2, 0.25) is 0 Å². The minimum Gasteiger partial charge on any atom is -0.390 e. The summed E-state index contributed by atoms with van der Waals surface area (Å²) in [6, 6.07) is 0. The summed E-state index contributed by atoms with van der Waals surface area (Å²) >= 11 is 0. The smallest absolute Gasteiger partial charge is 0.390 e. The second-order valence-corrected chi connectivity index (χ2v) is 2.60. The van der Waals surface area contributed by atoms with Crippen molar-refractivity contribution in [3.8, 4) is 0 Å². The third-order valence-electron chi connectivity index (χ3n) is 0.633. The van der Waals surface area contributed by atoms with Gasteiger partial charge in [0.15, 0.2) is 0 Å². The number of hydrogen-bond donors (Lipinski definition) is 1. The van der Waals surface area contributed by atoms with Gasteiger partial charge < -0.3 is 5.11 Å². The summed E-state index contributed by atoms with van der Waals surface area (Å²) in [6.07, 6.45) is -5.42.